The lowest BCUT2D eigenvalue weighted by molar-refractivity contribution is -0.147. The summed E-state index contributed by atoms with van der Waals surface area (Å²) in [7, 11) is -2.40. The van der Waals surface area contributed by atoms with Crippen molar-refractivity contribution in [2.45, 2.75) is 29.4 Å². The van der Waals surface area contributed by atoms with E-state index in [-0.39, 0.29) is 24.3 Å². The summed E-state index contributed by atoms with van der Waals surface area (Å²) >= 11 is 0. The van der Waals surface area contributed by atoms with Crippen molar-refractivity contribution in [1.29, 1.82) is 0 Å². The number of hydrogen-bond acceptors (Lipinski definition) is 6. The number of hydrogen-bond donors (Lipinski definition) is 0. The number of nitrogens with zero attached hydrogens (tertiary/aromatic N) is 1. The Balaban J connectivity index is 2.33. The van der Waals surface area contributed by atoms with Crippen molar-refractivity contribution in [3.05, 3.63) is 30.1 Å². The molecule has 0 aromatic heterocycles. The monoisotopic (exact) mass is 373 g/mol. The zero-order chi connectivity index (χ0) is 18.5. The molecule has 2 rings (SSSR count). The minimum absolute atomic E-state index is 0.0627. The van der Waals surface area contributed by atoms with E-state index in [0.717, 1.165) is 12.1 Å². The molecule has 25 heavy (non-hydrogen) atoms. The molecule has 0 saturated carbocycles. The molecule has 0 spiro atoms. The summed E-state index contributed by atoms with van der Waals surface area (Å²) in [6.45, 7) is 3.85. The highest BCUT2D eigenvalue weighted by Crippen LogP contribution is 2.37. The summed E-state index contributed by atoms with van der Waals surface area (Å²) in [6.07, 6.45) is 0.268. The Labute approximate surface area is 147 Å². The van der Waals surface area contributed by atoms with Crippen molar-refractivity contribution >= 4 is 15.8 Å². The van der Waals surface area contributed by atoms with Crippen molar-refractivity contribution in [2.75, 3.05) is 40.0 Å². The van der Waals surface area contributed by atoms with Gasteiger partial charge in [0.25, 0.3) is 0 Å². The van der Waals surface area contributed by atoms with E-state index in [1.165, 1.54) is 12.1 Å². The molecule has 0 bridgehead atoms. The molecule has 140 valence electrons. The molecule has 8 heteroatoms. The second kappa shape index (κ2) is 8.25. The highest BCUT2D eigenvalue weighted by molar-refractivity contribution is 7.93. The van der Waals surface area contributed by atoms with E-state index in [9.17, 15) is 17.6 Å². The van der Waals surface area contributed by atoms with E-state index in [1.807, 2.05) is 0 Å². The first-order valence-electron chi connectivity index (χ1n) is 8.26. The van der Waals surface area contributed by atoms with E-state index in [1.54, 1.807) is 14.0 Å². The number of rotatable bonds is 7. The lowest BCUT2D eigenvalue weighted by atomic mass is 9.95. The van der Waals surface area contributed by atoms with Crippen molar-refractivity contribution in [1.82, 2.24) is 4.90 Å². The molecule has 1 aromatic carbocycles. The summed E-state index contributed by atoms with van der Waals surface area (Å²) < 4.78 is 48.0. The van der Waals surface area contributed by atoms with E-state index in [4.69, 9.17) is 9.47 Å². The van der Waals surface area contributed by atoms with Gasteiger partial charge in [-0.15, -0.1) is 0 Å². The van der Waals surface area contributed by atoms with Crippen LogP contribution in [0.5, 0.6) is 0 Å². The molecular weight excluding hydrogens is 349 g/mol. The molecule has 0 atom stereocenters. The Morgan fingerprint density at radius 3 is 2.36 bits per heavy atom. The number of carbonyl (C=O) groups excluding carboxylic acids is 1. The van der Waals surface area contributed by atoms with Crippen molar-refractivity contribution in [3.8, 4) is 0 Å². The predicted molar refractivity (Wildman–Crippen MR) is 90.5 cm³/mol. The number of ether oxygens (including phenoxy) is 2. The summed E-state index contributed by atoms with van der Waals surface area (Å²) in [4.78, 5) is 14.6. The van der Waals surface area contributed by atoms with Crippen LogP contribution in [-0.2, 0) is 24.1 Å². The predicted octanol–water partition coefficient (Wildman–Crippen LogP) is 1.64. The Morgan fingerprint density at radius 1 is 1.24 bits per heavy atom. The minimum Gasteiger partial charge on any atom is -0.465 e. The molecule has 0 unspecified atom stereocenters. The van der Waals surface area contributed by atoms with Gasteiger partial charge >= 0.3 is 5.97 Å². The molecule has 0 aliphatic carbocycles. The average Bonchev–Trinajstić information content (AvgIpc) is 2.60. The van der Waals surface area contributed by atoms with Crippen molar-refractivity contribution < 1.29 is 27.1 Å². The van der Waals surface area contributed by atoms with E-state index < -0.39 is 26.4 Å². The molecule has 0 N–H and O–H groups in total. The Hall–Kier alpha value is -1.51. The average molecular weight is 373 g/mol. The minimum atomic E-state index is -4.00. The zero-order valence-electron chi connectivity index (χ0n) is 14.5. The Kier molecular flexibility index (Phi) is 6.53. The molecule has 0 radical (unpaired) electrons. The third-order valence-corrected chi connectivity index (χ3v) is 7.06. The molecule has 1 heterocycles. The number of piperidine rings is 1. The van der Waals surface area contributed by atoms with Gasteiger partial charge in [-0.1, -0.05) is 0 Å². The third-order valence-electron chi connectivity index (χ3n) is 4.56. The second-order valence-electron chi connectivity index (χ2n) is 6.01. The fourth-order valence-electron chi connectivity index (χ4n) is 3.04. The van der Waals surface area contributed by atoms with Gasteiger partial charge in [-0.2, -0.15) is 0 Å². The maximum absolute atomic E-state index is 13.2. The first-order valence-corrected chi connectivity index (χ1v) is 9.74. The number of sulfone groups is 1. The lowest BCUT2D eigenvalue weighted by Gasteiger charge is -2.39. The number of esters is 1. The fraction of sp³-hybridized carbons (Fsp3) is 0.588. The highest BCUT2D eigenvalue weighted by atomic mass is 32.2. The van der Waals surface area contributed by atoms with Gasteiger partial charge in [-0.25, -0.2) is 12.8 Å². The molecular formula is C17H24FNO5S. The van der Waals surface area contributed by atoms with Crippen LogP contribution < -0.4 is 0 Å². The van der Waals surface area contributed by atoms with Gasteiger partial charge in [0.15, 0.2) is 14.6 Å². The van der Waals surface area contributed by atoms with Crippen molar-refractivity contribution in [3.63, 3.8) is 0 Å². The summed E-state index contributed by atoms with van der Waals surface area (Å²) in [6, 6.07) is 4.56. The number of methoxy groups -OCH3 is 1. The van der Waals surface area contributed by atoms with Crippen LogP contribution in [0.4, 0.5) is 4.39 Å². The largest absolute Gasteiger partial charge is 0.465 e. The van der Waals surface area contributed by atoms with Crippen LogP contribution in [-0.4, -0.2) is 64.0 Å². The smallest absolute Gasteiger partial charge is 0.327 e. The van der Waals surface area contributed by atoms with Gasteiger partial charge in [0.1, 0.15) is 5.82 Å². The van der Waals surface area contributed by atoms with Gasteiger partial charge in [0.2, 0.25) is 0 Å². The van der Waals surface area contributed by atoms with Crippen LogP contribution in [0.2, 0.25) is 0 Å². The van der Waals surface area contributed by atoms with E-state index >= 15 is 0 Å². The van der Waals surface area contributed by atoms with Gasteiger partial charge in [-0.05, 0) is 44.0 Å². The van der Waals surface area contributed by atoms with Gasteiger partial charge in [0.05, 0.1) is 18.1 Å². The zero-order valence-corrected chi connectivity index (χ0v) is 15.4. The maximum Gasteiger partial charge on any atom is 0.327 e. The van der Waals surface area contributed by atoms with Crippen LogP contribution in [0, 0.1) is 5.82 Å². The second-order valence-corrected chi connectivity index (χ2v) is 8.27. The quantitative estimate of drug-likeness (QED) is 0.534. The standard InChI is InChI=1S/C17H24FNO5S/c1-3-24-16(20)17(8-10-19(11-9-17)12-13-23-2)25(21,22)15-6-4-14(18)5-7-15/h4-7H,3,8-13H2,1-2H3. The Bertz CT molecular complexity index is 681. The molecule has 1 aliphatic heterocycles. The molecule has 6 nitrogen and oxygen atoms in total. The SMILES string of the molecule is CCOC(=O)C1(S(=O)(=O)c2ccc(F)cc2)CCN(CCOC)CC1. The van der Waals surface area contributed by atoms with Crippen LogP contribution in [0.1, 0.15) is 19.8 Å². The summed E-state index contributed by atoms with van der Waals surface area (Å²) in [5.41, 5.74) is 0. The first-order chi connectivity index (χ1) is 11.9. The van der Waals surface area contributed by atoms with E-state index in [2.05, 4.69) is 4.90 Å². The topological polar surface area (TPSA) is 72.9 Å². The summed E-state index contributed by atoms with van der Waals surface area (Å²) in [5.74, 6) is -1.26. The van der Waals surface area contributed by atoms with Crippen LogP contribution in [0.25, 0.3) is 0 Å². The van der Waals surface area contributed by atoms with Gasteiger partial charge in [0, 0.05) is 26.7 Å². The van der Waals surface area contributed by atoms with Crippen LogP contribution >= 0.6 is 0 Å². The van der Waals surface area contributed by atoms with Gasteiger partial charge < -0.3 is 14.4 Å². The first kappa shape index (κ1) is 19.8. The van der Waals surface area contributed by atoms with E-state index in [0.29, 0.717) is 26.2 Å². The number of halogens is 1. The number of carbonyl (C=O) groups is 1. The van der Waals surface area contributed by atoms with Gasteiger partial charge in [-0.3, -0.25) is 4.79 Å². The molecule has 1 fully saturated rings. The maximum atomic E-state index is 13.2. The number of likely N-dealkylation sites (tertiary alicyclic amines) is 1. The fourth-order valence-corrected chi connectivity index (χ4v) is 4.99. The third kappa shape index (κ3) is 4.02. The van der Waals surface area contributed by atoms with Crippen LogP contribution in [0.15, 0.2) is 29.2 Å². The molecule has 1 aromatic rings. The normalized spacial score (nSPS) is 18.0. The number of benzene rings is 1. The Morgan fingerprint density at radius 2 is 1.84 bits per heavy atom. The van der Waals surface area contributed by atoms with Crippen molar-refractivity contribution in [2.24, 2.45) is 0 Å². The lowest BCUT2D eigenvalue weighted by Crippen LogP contribution is -2.55. The summed E-state index contributed by atoms with van der Waals surface area (Å²) in [5, 5.41) is 0. The highest BCUT2D eigenvalue weighted by Gasteiger charge is 2.54. The molecule has 1 saturated heterocycles. The molecule has 1 aliphatic rings. The van der Waals surface area contributed by atoms with Crippen LogP contribution in [0.3, 0.4) is 0 Å². The molecule has 0 amide bonds.